The summed E-state index contributed by atoms with van der Waals surface area (Å²) in [6.07, 6.45) is 1.60. The average Bonchev–Trinajstić information content (AvgIpc) is 2.62. The normalized spacial score (nSPS) is 12.1. The van der Waals surface area contributed by atoms with Crippen LogP contribution in [0.3, 0.4) is 0 Å². The Morgan fingerprint density at radius 3 is 2.64 bits per heavy atom. The van der Waals surface area contributed by atoms with Gasteiger partial charge in [0.25, 0.3) is 0 Å². The number of fused-ring (bicyclic) bond motifs is 1. The van der Waals surface area contributed by atoms with Crippen molar-refractivity contribution >= 4 is 16.8 Å². The smallest absolute Gasteiger partial charge is 0.222 e. The van der Waals surface area contributed by atoms with E-state index in [2.05, 4.69) is 10.4 Å². The van der Waals surface area contributed by atoms with Gasteiger partial charge in [0.05, 0.1) is 24.3 Å². The number of aryl methyl sites for hydroxylation is 2. The van der Waals surface area contributed by atoms with Gasteiger partial charge in [0, 0.05) is 11.8 Å². The second kappa shape index (κ2) is 7.30. The summed E-state index contributed by atoms with van der Waals surface area (Å²) < 4.78 is 1.70. The van der Waals surface area contributed by atoms with Gasteiger partial charge in [-0.1, -0.05) is 42.0 Å². The lowest BCUT2D eigenvalue weighted by Crippen LogP contribution is -2.28. The Morgan fingerprint density at radius 1 is 1.16 bits per heavy atom. The number of benzene rings is 2. The van der Waals surface area contributed by atoms with Gasteiger partial charge >= 0.3 is 0 Å². The van der Waals surface area contributed by atoms with E-state index < -0.39 is 0 Å². The lowest BCUT2D eigenvalue weighted by molar-refractivity contribution is -0.122. The van der Waals surface area contributed by atoms with Crippen molar-refractivity contribution in [2.75, 3.05) is 0 Å². The van der Waals surface area contributed by atoms with Crippen molar-refractivity contribution in [3.63, 3.8) is 0 Å². The van der Waals surface area contributed by atoms with Crippen molar-refractivity contribution < 1.29 is 4.79 Å². The minimum atomic E-state index is -0.107. The van der Waals surface area contributed by atoms with Crippen LogP contribution in [0.5, 0.6) is 0 Å². The quantitative estimate of drug-likeness (QED) is 0.779. The van der Waals surface area contributed by atoms with Gasteiger partial charge in [-0.05, 0) is 31.5 Å². The van der Waals surface area contributed by atoms with Gasteiger partial charge in [-0.15, -0.1) is 0 Å². The van der Waals surface area contributed by atoms with Crippen LogP contribution in [0.15, 0.2) is 59.5 Å². The summed E-state index contributed by atoms with van der Waals surface area (Å²) in [5.41, 5.74) is 2.91. The lowest BCUT2D eigenvalue weighted by atomic mass is 10.1. The molecule has 0 bridgehead atoms. The minimum absolute atomic E-state index is 0.0438. The largest absolute Gasteiger partial charge is 0.350 e. The van der Waals surface area contributed by atoms with Gasteiger partial charge in [-0.25, -0.2) is 0 Å². The molecule has 1 atom stereocenters. The molecule has 0 aliphatic heterocycles. The van der Waals surface area contributed by atoms with Crippen LogP contribution in [0.1, 0.15) is 30.5 Å². The fourth-order valence-corrected chi connectivity index (χ4v) is 2.80. The zero-order valence-electron chi connectivity index (χ0n) is 14.4. The van der Waals surface area contributed by atoms with Crippen LogP contribution in [0, 0.1) is 6.92 Å². The first kappa shape index (κ1) is 16.9. The molecule has 2 aromatic carbocycles. The Kier molecular flexibility index (Phi) is 4.93. The molecule has 1 amide bonds. The summed E-state index contributed by atoms with van der Waals surface area (Å²) in [6.45, 7) is 4.43. The molecule has 0 aliphatic carbocycles. The number of carbonyl (C=O) groups excluding carboxylic acids is 1. The zero-order valence-corrected chi connectivity index (χ0v) is 14.4. The molecule has 0 saturated carbocycles. The predicted molar refractivity (Wildman–Crippen MR) is 98.4 cm³/mol. The average molecular weight is 335 g/mol. The molecule has 5 nitrogen and oxygen atoms in total. The van der Waals surface area contributed by atoms with E-state index in [0.29, 0.717) is 18.4 Å². The first-order valence-corrected chi connectivity index (χ1v) is 8.35. The molecule has 128 valence electrons. The molecular weight excluding hydrogens is 314 g/mol. The second-order valence-corrected chi connectivity index (χ2v) is 6.20. The number of hydrogen-bond acceptors (Lipinski definition) is 3. The van der Waals surface area contributed by atoms with Gasteiger partial charge < -0.3 is 5.32 Å². The first-order valence-electron chi connectivity index (χ1n) is 8.35. The molecule has 1 N–H and O–H groups in total. The topological polar surface area (TPSA) is 64.0 Å². The van der Waals surface area contributed by atoms with Crippen molar-refractivity contribution in [2.24, 2.45) is 0 Å². The molecule has 5 heteroatoms. The summed E-state index contributed by atoms with van der Waals surface area (Å²) in [4.78, 5) is 24.1. The number of para-hydroxylation sites is 1. The molecule has 25 heavy (non-hydrogen) atoms. The molecule has 3 rings (SSSR count). The summed E-state index contributed by atoms with van der Waals surface area (Å²) in [5.74, 6) is -0.0438. The number of hydrogen-bond donors (Lipinski definition) is 1. The van der Waals surface area contributed by atoms with Crippen LogP contribution in [0.4, 0.5) is 0 Å². The number of carbonyl (C=O) groups is 1. The van der Waals surface area contributed by atoms with E-state index in [1.165, 1.54) is 11.8 Å². The molecule has 0 spiro atoms. The minimum Gasteiger partial charge on any atom is -0.350 e. The first-order chi connectivity index (χ1) is 12.0. The van der Waals surface area contributed by atoms with Crippen molar-refractivity contribution in [1.82, 2.24) is 15.1 Å². The third-order valence-corrected chi connectivity index (χ3v) is 4.27. The zero-order chi connectivity index (χ0) is 17.8. The number of aromatic nitrogens is 2. The molecule has 0 aliphatic rings. The number of rotatable bonds is 5. The highest BCUT2D eigenvalue weighted by Gasteiger charge is 2.10. The standard InChI is InChI=1S/C20H21N3O2/c1-14-7-9-16(10-8-14)15(2)22-20(25)11-12-23-18-6-4-3-5-17(18)19(24)13-21-23/h3-10,13,15H,11-12H2,1-2H3,(H,22,25). The van der Waals surface area contributed by atoms with Crippen molar-refractivity contribution in [2.45, 2.75) is 32.9 Å². The predicted octanol–water partition coefficient (Wildman–Crippen LogP) is 2.97. The second-order valence-electron chi connectivity index (χ2n) is 6.20. The molecule has 0 saturated heterocycles. The summed E-state index contributed by atoms with van der Waals surface area (Å²) in [6, 6.07) is 15.4. The Morgan fingerprint density at radius 2 is 1.88 bits per heavy atom. The van der Waals surface area contributed by atoms with E-state index >= 15 is 0 Å². The van der Waals surface area contributed by atoms with E-state index in [9.17, 15) is 9.59 Å². The van der Waals surface area contributed by atoms with Crippen LogP contribution >= 0.6 is 0 Å². The van der Waals surface area contributed by atoms with E-state index in [0.717, 1.165) is 11.1 Å². The van der Waals surface area contributed by atoms with Crippen LogP contribution in [-0.4, -0.2) is 15.7 Å². The fourth-order valence-electron chi connectivity index (χ4n) is 2.80. The van der Waals surface area contributed by atoms with Gasteiger partial charge in [0.1, 0.15) is 0 Å². The maximum Gasteiger partial charge on any atom is 0.222 e. The maximum atomic E-state index is 12.3. The fraction of sp³-hybridized carbons (Fsp3) is 0.250. The Balaban J connectivity index is 1.66. The van der Waals surface area contributed by atoms with E-state index in [4.69, 9.17) is 0 Å². The molecule has 0 radical (unpaired) electrons. The molecular formula is C20H21N3O2. The Bertz CT molecular complexity index is 945. The highest BCUT2D eigenvalue weighted by Crippen LogP contribution is 2.13. The van der Waals surface area contributed by atoms with E-state index in [1.54, 1.807) is 10.7 Å². The van der Waals surface area contributed by atoms with Crippen molar-refractivity contribution in [3.8, 4) is 0 Å². The maximum absolute atomic E-state index is 12.3. The Labute approximate surface area is 146 Å². The molecule has 1 unspecified atom stereocenters. The number of amides is 1. The van der Waals surface area contributed by atoms with E-state index in [1.807, 2.05) is 56.3 Å². The van der Waals surface area contributed by atoms with Crippen LogP contribution < -0.4 is 10.7 Å². The van der Waals surface area contributed by atoms with Crippen LogP contribution in [0.25, 0.3) is 10.9 Å². The van der Waals surface area contributed by atoms with Gasteiger partial charge in [-0.2, -0.15) is 5.10 Å². The molecule has 1 heterocycles. The third-order valence-electron chi connectivity index (χ3n) is 4.27. The highest BCUT2D eigenvalue weighted by atomic mass is 16.1. The third kappa shape index (κ3) is 3.94. The number of nitrogens with zero attached hydrogens (tertiary/aromatic N) is 2. The van der Waals surface area contributed by atoms with Crippen LogP contribution in [-0.2, 0) is 11.3 Å². The van der Waals surface area contributed by atoms with Crippen LogP contribution in [0.2, 0.25) is 0 Å². The van der Waals surface area contributed by atoms with E-state index in [-0.39, 0.29) is 17.4 Å². The van der Waals surface area contributed by atoms with Gasteiger partial charge in [0.2, 0.25) is 11.3 Å². The highest BCUT2D eigenvalue weighted by molar-refractivity contribution is 5.79. The van der Waals surface area contributed by atoms with Gasteiger partial charge in [-0.3, -0.25) is 14.3 Å². The molecule has 0 fully saturated rings. The monoisotopic (exact) mass is 335 g/mol. The van der Waals surface area contributed by atoms with Crippen molar-refractivity contribution in [3.05, 3.63) is 76.1 Å². The number of nitrogens with one attached hydrogen (secondary N) is 1. The molecule has 1 aromatic heterocycles. The summed E-state index contributed by atoms with van der Waals surface area (Å²) in [7, 11) is 0. The summed E-state index contributed by atoms with van der Waals surface area (Å²) in [5, 5.41) is 7.77. The Hall–Kier alpha value is -2.95. The van der Waals surface area contributed by atoms with Gasteiger partial charge in [0.15, 0.2) is 0 Å². The lowest BCUT2D eigenvalue weighted by Gasteiger charge is -2.15. The van der Waals surface area contributed by atoms with Crippen molar-refractivity contribution in [1.29, 1.82) is 0 Å². The SMILES string of the molecule is Cc1ccc(C(C)NC(=O)CCn2ncc(=O)c3ccccc32)cc1. The molecule has 3 aromatic rings. The summed E-state index contributed by atoms with van der Waals surface area (Å²) >= 11 is 0.